The van der Waals surface area contributed by atoms with E-state index in [4.69, 9.17) is 0 Å². The molecule has 24 heavy (non-hydrogen) atoms. The molecule has 2 amide bonds. The van der Waals surface area contributed by atoms with Crippen LogP contribution in [0.2, 0.25) is 0 Å². The number of carbonyl (C=O) groups excluding carboxylic acids is 2. The third kappa shape index (κ3) is 2.30. The summed E-state index contributed by atoms with van der Waals surface area (Å²) in [6.45, 7) is 5.18. The number of benzene rings is 1. The lowest BCUT2D eigenvalue weighted by atomic mass is 10.00. The summed E-state index contributed by atoms with van der Waals surface area (Å²) >= 11 is 1.05. The minimum Gasteiger partial charge on any atom is -0.480 e. The van der Waals surface area contributed by atoms with Crippen molar-refractivity contribution in [1.29, 1.82) is 0 Å². The molecule has 0 aliphatic carbocycles. The lowest BCUT2D eigenvalue weighted by Crippen LogP contribution is -2.67. The molecular formula is C16H16N2O5S. The van der Waals surface area contributed by atoms with E-state index in [-0.39, 0.29) is 5.70 Å². The van der Waals surface area contributed by atoms with Gasteiger partial charge in [-0.25, -0.2) is 0 Å². The van der Waals surface area contributed by atoms with E-state index < -0.39 is 40.1 Å². The van der Waals surface area contributed by atoms with Gasteiger partial charge in [0.2, 0.25) is 0 Å². The van der Waals surface area contributed by atoms with Crippen molar-refractivity contribution in [2.24, 2.45) is 0 Å². The summed E-state index contributed by atoms with van der Waals surface area (Å²) < 4.78 is -1.31. The van der Waals surface area contributed by atoms with Gasteiger partial charge >= 0.3 is 5.97 Å². The number of aliphatic hydroxyl groups excluding tert-OH is 1. The van der Waals surface area contributed by atoms with Crippen LogP contribution < -0.4 is 5.32 Å². The Bertz CT molecular complexity index is 737. The van der Waals surface area contributed by atoms with Gasteiger partial charge in [0, 0.05) is 5.70 Å². The van der Waals surface area contributed by atoms with Crippen LogP contribution >= 0.6 is 11.8 Å². The van der Waals surface area contributed by atoms with Crippen LogP contribution in [0, 0.1) is 0 Å². The molecule has 2 aliphatic rings. The molecule has 3 N–H and O–H groups in total. The zero-order valence-corrected chi connectivity index (χ0v) is 13.6. The van der Waals surface area contributed by atoms with Gasteiger partial charge in [-0.2, -0.15) is 0 Å². The highest BCUT2D eigenvalue weighted by atomic mass is 32.2. The predicted molar refractivity (Wildman–Crippen MR) is 86.7 cm³/mol. The number of rotatable bonds is 4. The Balaban J connectivity index is 1.72. The highest BCUT2D eigenvalue weighted by Crippen LogP contribution is 2.52. The van der Waals surface area contributed by atoms with Gasteiger partial charge in [0.05, 0.1) is 0 Å². The van der Waals surface area contributed by atoms with Crippen LogP contribution in [0.5, 0.6) is 0 Å². The maximum atomic E-state index is 12.2. The second kappa shape index (κ2) is 5.64. The number of carboxylic acid groups (broad SMARTS) is 1. The molecule has 0 aromatic heterocycles. The first-order valence-electron chi connectivity index (χ1n) is 7.24. The van der Waals surface area contributed by atoms with E-state index in [1.165, 1.54) is 11.8 Å². The fourth-order valence-corrected chi connectivity index (χ4v) is 4.21. The number of carboxylic acids is 1. The zero-order valence-electron chi connectivity index (χ0n) is 12.8. The number of aliphatic carboxylic acids is 1. The van der Waals surface area contributed by atoms with E-state index in [0.29, 0.717) is 5.56 Å². The van der Waals surface area contributed by atoms with Crippen molar-refractivity contribution in [2.45, 2.75) is 29.2 Å². The Kier molecular flexibility index (Phi) is 3.89. The van der Waals surface area contributed by atoms with Crippen LogP contribution in [-0.2, 0) is 14.4 Å². The maximum Gasteiger partial charge on any atom is 0.325 e. The molecule has 0 bridgehead atoms. The first-order chi connectivity index (χ1) is 11.3. The summed E-state index contributed by atoms with van der Waals surface area (Å²) in [6.07, 6.45) is -1.39. The average molecular weight is 348 g/mol. The molecule has 4 atom stereocenters. The van der Waals surface area contributed by atoms with Crippen molar-refractivity contribution in [1.82, 2.24) is 10.2 Å². The molecule has 1 aromatic carbocycles. The van der Waals surface area contributed by atoms with Crippen molar-refractivity contribution >= 4 is 29.5 Å². The summed E-state index contributed by atoms with van der Waals surface area (Å²) in [5.41, 5.74) is 0.613. The molecule has 8 heteroatoms. The fourth-order valence-electron chi connectivity index (χ4n) is 2.74. The van der Waals surface area contributed by atoms with Gasteiger partial charge in [0.1, 0.15) is 11.4 Å². The quantitative estimate of drug-likeness (QED) is 0.683. The largest absolute Gasteiger partial charge is 0.480 e. The predicted octanol–water partition coefficient (Wildman–Crippen LogP) is 0.477. The summed E-state index contributed by atoms with van der Waals surface area (Å²) in [4.78, 5) is 37.1. The van der Waals surface area contributed by atoms with Gasteiger partial charge in [-0.3, -0.25) is 19.3 Å². The normalized spacial score (nSPS) is 29.7. The third-order valence-electron chi connectivity index (χ3n) is 4.31. The standard InChI is InChI=1S/C16H16N2O5S/c1-8-16(2,15(22)23)24-14-10(13(21)18(8)14)17-12(20)11(19)9-6-4-3-5-7-9/h3-7,10-11,14,19H,1H2,2H3,(H,17,20)(H,22,23)/t10?,11?,14-,16?/m1/s1. The second-order valence-electron chi connectivity index (χ2n) is 5.80. The van der Waals surface area contributed by atoms with E-state index in [2.05, 4.69) is 11.9 Å². The van der Waals surface area contributed by atoms with Crippen molar-refractivity contribution in [2.75, 3.05) is 0 Å². The number of aliphatic hydroxyl groups is 1. The van der Waals surface area contributed by atoms with Crippen LogP contribution in [0.25, 0.3) is 0 Å². The van der Waals surface area contributed by atoms with Gasteiger partial charge in [-0.05, 0) is 12.5 Å². The molecule has 3 unspecified atom stereocenters. The maximum absolute atomic E-state index is 12.2. The minimum atomic E-state index is -1.39. The zero-order chi connectivity index (χ0) is 17.6. The van der Waals surface area contributed by atoms with Crippen LogP contribution in [0.1, 0.15) is 18.6 Å². The van der Waals surface area contributed by atoms with E-state index in [0.717, 1.165) is 11.8 Å². The number of hydrogen-bond acceptors (Lipinski definition) is 5. The molecule has 2 saturated heterocycles. The highest BCUT2D eigenvalue weighted by molar-refractivity contribution is 8.02. The van der Waals surface area contributed by atoms with E-state index in [9.17, 15) is 24.6 Å². The lowest BCUT2D eigenvalue weighted by molar-refractivity contribution is -0.147. The smallest absolute Gasteiger partial charge is 0.325 e. The van der Waals surface area contributed by atoms with Crippen LogP contribution in [0.15, 0.2) is 42.6 Å². The lowest BCUT2D eigenvalue weighted by Gasteiger charge is -2.42. The van der Waals surface area contributed by atoms with Crippen LogP contribution in [-0.4, -0.2) is 49.1 Å². The summed E-state index contributed by atoms with van der Waals surface area (Å²) in [6, 6.07) is 7.47. The van der Waals surface area contributed by atoms with E-state index >= 15 is 0 Å². The summed E-state index contributed by atoms with van der Waals surface area (Å²) in [5.74, 6) is -2.21. The Hall–Kier alpha value is -2.32. The Labute approximate surface area is 142 Å². The first kappa shape index (κ1) is 16.5. The average Bonchev–Trinajstić information content (AvgIpc) is 2.82. The fraction of sp³-hybridized carbons (Fsp3) is 0.312. The summed E-state index contributed by atoms with van der Waals surface area (Å²) in [5, 5.41) is 21.4. The van der Waals surface area contributed by atoms with Gasteiger partial charge in [0.15, 0.2) is 10.9 Å². The van der Waals surface area contributed by atoms with Crippen molar-refractivity contribution < 1.29 is 24.6 Å². The summed E-state index contributed by atoms with van der Waals surface area (Å²) in [7, 11) is 0. The van der Waals surface area contributed by atoms with Gasteiger partial charge in [-0.15, -0.1) is 11.8 Å². The Morgan fingerprint density at radius 1 is 1.38 bits per heavy atom. The number of nitrogens with zero attached hydrogens (tertiary/aromatic N) is 1. The van der Waals surface area contributed by atoms with Crippen molar-refractivity contribution in [3.8, 4) is 0 Å². The van der Waals surface area contributed by atoms with E-state index in [1.54, 1.807) is 30.3 Å². The monoisotopic (exact) mass is 348 g/mol. The number of fused-ring (bicyclic) bond motifs is 1. The van der Waals surface area contributed by atoms with Gasteiger partial charge in [-0.1, -0.05) is 36.9 Å². The number of thioether (sulfide) groups is 1. The number of hydrogen-bond donors (Lipinski definition) is 3. The molecule has 2 fully saturated rings. The molecule has 7 nitrogen and oxygen atoms in total. The molecule has 126 valence electrons. The number of β-lactam (4-membered cyclic amide) rings is 1. The molecule has 1 aromatic rings. The van der Waals surface area contributed by atoms with Gasteiger partial charge in [0.25, 0.3) is 11.8 Å². The minimum absolute atomic E-state index is 0.198. The Morgan fingerprint density at radius 3 is 2.58 bits per heavy atom. The molecular weight excluding hydrogens is 332 g/mol. The van der Waals surface area contributed by atoms with Crippen molar-refractivity contribution in [3.63, 3.8) is 0 Å². The Morgan fingerprint density at radius 2 is 2.00 bits per heavy atom. The molecule has 2 heterocycles. The van der Waals surface area contributed by atoms with Crippen LogP contribution in [0.3, 0.4) is 0 Å². The highest BCUT2D eigenvalue weighted by Gasteiger charge is 2.63. The SMILES string of the molecule is C=C1N2C(=O)C(NC(=O)C(O)c3ccccc3)[C@H]2SC1(C)C(=O)O. The molecule has 0 spiro atoms. The topological polar surface area (TPSA) is 107 Å². The number of amides is 2. The van der Waals surface area contributed by atoms with E-state index in [1.807, 2.05) is 0 Å². The molecule has 2 aliphatic heterocycles. The number of carbonyl (C=O) groups is 3. The van der Waals surface area contributed by atoms with Gasteiger partial charge < -0.3 is 15.5 Å². The van der Waals surface area contributed by atoms with Crippen LogP contribution in [0.4, 0.5) is 0 Å². The van der Waals surface area contributed by atoms with Crippen molar-refractivity contribution in [3.05, 3.63) is 48.2 Å². The molecule has 0 saturated carbocycles. The number of nitrogens with one attached hydrogen (secondary N) is 1. The first-order valence-corrected chi connectivity index (χ1v) is 8.12. The molecule has 0 radical (unpaired) electrons. The molecule has 3 rings (SSSR count). The third-order valence-corrected chi connectivity index (χ3v) is 5.92. The second-order valence-corrected chi connectivity index (χ2v) is 7.34.